The van der Waals surface area contributed by atoms with Gasteiger partial charge < -0.3 is 9.64 Å². The number of carbonyl (C=O) groups excluding carboxylic acids is 3. The minimum absolute atomic E-state index is 0.194. The number of piperidine rings is 1. The number of ether oxygens (including phenoxy) is 1. The fraction of sp³-hybridized carbons (Fsp3) is 0.469. The van der Waals surface area contributed by atoms with E-state index in [9.17, 15) is 14.4 Å². The number of hydrogen-bond acceptors (Lipinski definition) is 6. The van der Waals surface area contributed by atoms with Crippen LogP contribution in [0.15, 0.2) is 48.7 Å². The van der Waals surface area contributed by atoms with Crippen LogP contribution >= 0.6 is 0 Å². The molecule has 0 spiro atoms. The van der Waals surface area contributed by atoms with Gasteiger partial charge in [-0.25, -0.2) is 4.79 Å². The molecule has 2 aliphatic heterocycles. The number of nitrogens with zero attached hydrogens (tertiary/aromatic N) is 5. The van der Waals surface area contributed by atoms with Crippen LogP contribution in [0.1, 0.15) is 90.5 Å². The van der Waals surface area contributed by atoms with Crippen LogP contribution in [-0.4, -0.2) is 67.7 Å². The van der Waals surface area contributed by atoms with Gasteiger partial charge in [0.25, 0.3) is 11.8 Å². The Morgan fingerprint density at radius 1 is 0.951 bits per heavy atom. The Morgan fingerprint density at radius 2 is 1.61 bits per heavy atom. The monoisotopic (exact) mass is 555 g/mol. The van der Waals surface area contributed by atoms with Crippen molar-refractivity contribution < 1.29 is 19.1 Å². The molecule has 0 unspecified atom stereocenters. The summed E-state index contributed by atoms with van der Waals surface area (Å²) in [6.07, 6.45) is 5.17. The van der Waals surface area contributed by atoms with E-state index in [2.05, 4.69) is 10.9 Å². The first-order valence-electron chi connectivity index (χ1n) is 14.5. The highest BCUT2D eigenvalue weighted by Gasteiger charge is 2.41. The van der Waals surface area contributed by atoms with Gasteiger partial charge in [0.2, 0.25) is 0 Å². The Morgan fingerprint density at radius 3 is 2.22 bits per heavy atom. The third-order valence-corrected chi connectivity index (χ3v) is 8.36. The maximum atomic E-state index is 12.8. The van der Waals surface area contributed by atoms with Crippen LogP contribution in [-0.2, 0) is 4.74 Å². The Balaban J connectivity index is 1.16. The van der Waals surface area contributed by atoms with E-state index < -0.39 is 5.60 Å². The third-order valence-electron chi connectivity index (χ3n) is 8.36. The van der Waals surface area contributed by atoms with Crippen LogP contribution in [0, 0.1) is 12.8 Å². The van der Waals surface area contributed by atoms with Crippen molar-refractivity contribution in [2.24, 2.45) is 5.92 Å². The van der Waals surface area contributed by atoms with E-state index in [1.165, 1.54) is 4.90 Å². The molecule has 0 atom stereocenters. The molecule has 0 N–H and O–H groups in total. The number of aryl methyl sites for hydroxylation is 1. The van der Waals surface area contributed by atoms with Gasteiger partial charge in [-0.15, -0.1) is 0 Å². The lowest BCUT2D eigenvalue weighted by molar-refractivity contribution is 0.0203. The van der Waals surface area contributed by atoms with Crippen LogP contribution in [0.5, 0.6) is 0 Å². The first-order valence-corrected chi connectivity index (χ1v) is 14.5. The number of aromatic nitrogens is 3. The van der Waals surface area contributed by atoms with Crippen molar-refractivity contribution in [1.29, 1.82) is 0 Å². The van der Waals surface area contributed by atoms with Crippen LogP contribution in [0.25, 0.3) is 11.3 Å². The second-order valence-corrected chi connectivity index (χ2v) is 12.6. The predicted molar refractivity (Wildman–Crippen MR) is 154 cm³/mol. The Labute approximate surface area is 240 Å². The van der Waals surface area contributed by atoms with Crippen LogP contribution in [0.3, 0.4) is 0 Å². The smallest absolute Gasteiger partial charge is 0.410 e. The van der Waals surface area contributed by atoms with Gasteiger partial charge in [-0.05, 0) is 83.6 Å². The zero-order valence-electron chi connectivity index (χ0n) is 24.2. The lowest BCUT2D eigenvalue weighted by Crippen LogP contribution is -2.41. The average molecular weight is 556 g/mol. The van der Waals surface area contributed by atoms with Crippen molar-refractivity contribution in [3.63, 3.8) is 0 Å². The molecule has 41 heavy (non-hydrogen) atoms. The summed E-state index contributed by atoms with van der Waals surface area (Å²) in [4.78, 5) is 46.3. The highest BCUT2D eigenvalue weighted by molar-refractivity contribution is 6.21. The second-order valence-electron chi connectivity index (χ2n) is 12.6. The number of amides is 3. The summed E-state index contributed by atoms with van der Waals surface area (Å²) in [5.74, 6) is 0.0656. The number of imide groups is 1. The van der Waals surface area contributed by atoms with Gasteiger partial charge in [0, 0.05) is 43.0 Å². The Hall–Kier alpha value is -4.01. The predicted octanol–water partition coefficient (Wildman–Crippen LogP) is 5.62. The summed E-state index contributed by atoms with van der Waals surface area (Å²) in [5.41, 5.74) is 4.39. The SMILES string of the molecule is Cc1cccc(-c2cn([C@H]3C[C@H](CN4C(=O)c5ccccc5C4=O)C3)nc2C2CCN(C(=O)OC(C)(C)C)CC2)n1. The van der Waals surface area contributed by atoms with Crippen molar-refractivity contribution in [2.45, 2.75) is 70.9 Å². The molecular weight excluding hydrogens is 518 g/mol. The number of likely N-dealkylation sites (tertiary alicyclic amines) is 1. The molecule has 0 bridgehead atoms. The topological polar surface area (TPSA) is 97.6 Å². The zero-order chi connectivity index (χ0) is 28.9. The summed E-state index contributed by atoms with van der Waals surface area (Å²) in [5, 5.41) is 5.11. The quantitative estimate of drug-likeness (QED) is 0.379. The van der Waals surface area contributed by atoms with Crippen LogP contribution in [0.2, 0.25) is 0 Å². The van der Waals surface area contributed by atoms with Gasteiger partial charge in [0.1, 0.15) is 5.60 Å². The highest BCUT2D eigenvalue weighted by atomic mass is 16.6. The van der Waals surface area contributed by atoms with Gasteiger partial charge in [-0.3, -0.25) is 24.2 Å². The minimum Gasteiger partial charge on any atom is -0.444 e. The number of carbonyl (C=O) groups is 3. The van der Waals surface area contributed by atoms with Gasteiger partial charge >= 0.3 is 6.09 Å². The van der Waals surface area contributed by atoms with Crippen molar-refractivity contribution in [3.8, 4) is 11.3 Å². The summed E-state index contributed by atoms with van der Waals surface area (Å²) in [6, 6.07) is 13.3. The molecule has 1 saturated heterocycles. The number of rotatable bonds is 5. The summed E-state index contributed by atoms with van der Waals surface area (Å²) in [6.45, 7) is 9.33. The standard InChI is InChI=1S/C32H37N5O4/c1-20-8-7-11-27(33-20)26-19-37(34-28(26)22-12-14-35(15-13-22)31(40)41-32(2,3)4)23-16-21(17-23)18-36-29(38)24-9-5-6-10-25(24)30(36)39/h5-11,19,21-23H,12-18H2,1-4H3/t21-,23-. The summed E-state index contributed by atoms with van der Waals surface area (Å²) < 4.78 is 7.65. The largest absolute Gasteiger partial charge is 0.444 e. The first-order chi connectivity index (χ1) is 19.6. The van der Waals surface area contributed by atoms with Gasteiger partial charge in [-0.1, -0.05) is 18.2 Å². The van der Waals surface area contributed by atoms with Crippen molar-refractivity contribution in [1.82, 2.24) is 24.6 Å². The lowest BCUT2D eigenvalue weighted by Gasteiger charge is -2.37. The van der Waals surface area contributed by atoms with Crippen molar-refractivity contribution >= 4 is 17.9 Å². The molecule has 1 aromatic carbocycles. The number of benzene rings is 1. The van der Waals surface area contributed by atoms with Crippen LogP contribution < -0.4 is 0 Å². The molecule has 3 amide bonds. The van der Waals surface area contributed by atoms with E-state index in [0.29, 0.717) is 30.8 Å². The third kappa shape index (κ3) is 5.37. The lowest BCUT2D eigenvalue weighted by atomic mass is 9.80. The molecule has 2 aromatic heterocycles. The Bertz CT molecular complexity index is 1460. The van der Waals surface area contributed by atoms with Crippen molar-refractivity contribution in [3.05, 3.63) is 71.2 Å². The molecule has 6 rings (SSSR count). The fourth-order valence-electron chi connectivity index (χ4n) is 6.18. The summed E-state index contributed by atoms with van der Waals surface area (Å²) >= 11 is 0. The fourth-order valence-corrected chi connectivity index (χ4v) is 6.18. The second kappa shape index (κ2) is 10.4. The van der Waals surface area contributed by atoms with E-state index in [4.69, 9.17) is 14.8 Å². The number of pyridine rings is 1. The minimum atomic E-state index is -0.517. The van der Waals surface area contributed by atoms with Crippen molar-refractivity contribution in [2.75, 3.05) is 19.6 Å². The van der Waals surface area contributed by atoms with E-state index in [1.54, 1.807) is 29.2 Å². The number of hydrogen-bond donors (Lipinski definition) is 0. The molecule has 1 saturated carbocycles. The highest BCUT2D eigenvalue weighted by Crippen LogP contribution is 2.42. The van der Waals surface area contributed by atoms with E-state index in [-0.39, 0.29) is 35.8 Å². The normalized spacial score (nSPS) is 21.2. The van der Waals surface area contributed by atoms with Crippen LogP contribution in [0.4, 0.5) is 4.79 Å². The maximum absolute atomic E-state index is 12.8. The molecule has 3 aromatic rings. The molecule has 1 aliphatic carbocycles. The van der Waals surface area contributed by atoms with Gasteiger partial charge in [-0.2, -0.15) is 5.10 Å². The molecule has 3 aliphatic rings. The molecule has 4 heterocycles. The molecule has 9 heteroatoms. The molecule has 9 nitrogen and oxygen atoms in total. The molecule has 0 radical (unpaired) electrons. The maximum Gasteiger partial charge on any atom is 0.410 e. The zero-order valence-corrected chi connectivity index (χ0v) is 24.2. The molecular formula is C32H37N5O4. The van der Waals surface area contributed by atoms with Gasteiger partial charge in [0.15, 0.2) is 0 Å². The van der Waals surface area contributed by atoms with E-state index in [1.807, 2.05) is 45.9 Å². The van der Waals surface area contributed by atoms with E-state index >= 15 is 0 Å². The molecule has 2 fully saturated rings. The number of fused-ring (bicyclic) bond motifs is 1. The first kappa shape index (κ1) is 27.2. The average Bonchev–Trinajstić information content (AvgIpc) is 3.45. The van der Waals surface area contributed by atoms with Gasteiger partial charge in [0.05, 0.1) is 28.6 Å². The van der Waals surface area contributed by atoms with E-state index in [0.717, 1.165) is 48.3 Å². The Kier molecular flexibility index (Phi) is 6.91. The molecule has 214 valence electrons. The summed E-state index contributed by atoms with van der Waals surface area (Å²) in [7, 11) is 0.